The zero-order chi connectivity index (χ0) is 4.99. The molecule has 0 spiro atoms. The highest BCUT2D eigenvalue weighted by Gasteiger charge is 1.91. The predicted octanol–water partition coefficient (Wildman–Crippen LogP) is 1.87. The molecule has 1 atom stereocenters. The number of rotatable bonds is 2. The molecule has 1 nitrogen and oxygen atoms in total. The van der Waals surface area contributed by atoms with Crippen LogP contribution in [0.3, 0.4) is 0 Å². The summed E-state index contributed by atoms with van der Waals surface area (Å²) in [5, 5.41) is 0. The van der Waals surface area contributed by atoms with Crippen LogP contribution >= 0.6 is 21.7 Å². The van der Waals surface area contributed by atoms with Crippen LogP contribution in [-0.4, -0.2) is 12.5 Å². The molecule has 0 aromatic carbocycles. The number of ether oxygens (including phenoxy) is 1. The minimum absolute atomic E-state index is 0.117. The lowest BCUT2D eigenvalue weighted by Crippen LogP contribution is -1.93. The molecule has 0 aliphatic heterocycles. The number of methoxy groups -OCH3 is 1. The van der Waals surface area contributed by atoms with Crippen molar-refractivity contribution in [1.29, 1.82) is 0 Å². The highest BCUT2D eigenvalue weighted by Crippen LogP contribution is 2.13. The Morgan fingerprint density at radius 2 is 2.33 bits per heavy atom. The summed E-state index contributed by atoms with van der Waals surface area (Å²) in [6.07, 6.45) is 0. The maximum atomic E-state index is 5.24. The lowest BCUT2D eigenvalue weighted by atomic mass is 10.9. The van der Waals surface area contributed by atoms with Gasteiger partial charge in [-0.1, -0.05) is 0 Å². The van der Waals surface area contributed by atoms with E-state index in [1.807, 2.05) is 6.92 Å². The monoisotopic (exact) mass is 126 g/mol. The molecule has 0 aliphatic carbocycles. The van der Waals surface area contributed by atoms with E-state index in [2.05, 4.69) is 0 Å². The van der Waals surface area contributed by atoms with E-state index in [1.54, 1.807) is 7.11 Å². The third-order valence-electron chi connectivity index (χ3n) is 0.457. The molecule has 3 heteroatoms. The summed E-state index contributed by atoms with van der Waals surface area (Å²) < 4.78 is 4.73. The molecular formula is C3H7ClOS. The van der Waals surface area contributed by atoms with Crippen LogP contribution in [0.15, 0.2) is 0 Å². The van der Waals surface area contributed by atoms with Gasteiger partial charge >= 0.3 is 0 Å². The van der Waals surface area contributed by atoms with Crippen molar-refractivity contribution in [3.63, 3.8) is 0 Å². The molecule has 0 heterocycles. The van der Waals surface area contributed by atoms with Crippen molar-refractivity contribution in [2.24, 2.45) is 0 Å². The fourth-order valence-corrected chi connectivity index (χ4v) is 0.327. The average molecular weight is 127 g/mol. The zero-order valence-corrected chi connectivity index (χ0v) is 5.34. The van der Waals surface area contributed by atoms with Gasteiger partial charge in [0.1, 0.15) is 5.44 Å². The first-order valence-electron chi connectivity index (χ1n) is 1.61. The van der Waals surface area contributed by atoms with E-state index in [4.69, 9.17) is 15.4 Å². The van der Waals surface area contributed by atoms with Crippen LogP contribution in [0, 0.1) is 0 Å². The van der Waals surface area contributed by atoms with Gasteiger partial charge in [0.15, 0.2) is 0 Å². The molecule has 0 aromatic heterocycles. The van der Waals surface area contributed by atoms with Crippen LogP contribution in [0.2, 0.25) is 0 Å². The average Bonchev–Trinajstić information content (AvgIpc) is 1.65. The molecule has 0 N–H and O–H groups in total. The minimum Gasteiger partial charge on any atom is -0.370 e. The van der Waals surface area contributed by atoms with E-state index in [-0.39, 0.29) is 5.44 Å². The van der Waals surface area contributed by atoms with Gasteiger partial charge < -0.3 is 4.74 Å². The van der Waals surface area contributed by atoms with Crippen molar-refractivity contribution in [2.45, 2.75) is 12.4 Å². The van der Waals surface area contributed by atoms with Gasteiger partial charge in [-0.05, 0) is 28.6 Å². The normalized spacial score (nSPS) is 14.5. The van der Waals surface area contributed by atoms with E-state index in [1.165, 1.54) is 11.0 Å². The third kappa shape index (κ3) is 2.82. The SMILES string of the molecule is COC(C)SCl. The smallest absolute Gasteiger partial charge is 0.114 e. The van der Waals surface area contributed by atoms with E-state index in [0.29, 0.717) is 0 Å². The lowest BCUT2D eigenvalue weighted by molar-refractivity contribution is 0.189. The van der Waals surface area contributed by atoms with Crippen molar-refractivity contribution >= 4 is 21.7 Å². The van der Waals surface area contributed by atoms with Gasteiger partial charge in [-0.2, -0.15) is 0 Å². The first kappa shape index (κ1) is 6.60. The van der Waals surface area contributed by atoms with Gasteiger partial charge in [-0.25, -0.2) is 0 Å². The van der Waals surface area contributed by atoms with Crippen LogP contribution in [-0.2, 0) is 4.74 Å². The molecule has 0 amide bonds. The first-order valence-corrected chi connectivity index (χ1v) is 3.32. The Hall–Kier alpha value is 0.600. The minimum atomic E-state index is 0.117. The summed E-state index contributed by atoms with van der Waals surface area (Å²) in [7, 11) is 8.04. The standard InChI is InChI=1S/C3H7ClOS/c1-3(5-2)6-4/h3H,1-2H3. The lowest BCUT2D eigenvalue weighted by Gasteiger charge is -1.98. The number of hydrogen-bond donors (Lipinski definition) is 0. The fourth-order valence-electron chi connectivity index (χ4n) is 0.0364. The largest absolute Gasteiger partial charge is 0.370 e. The molecule has 0 radical (unpaired) electrons. The van der Waals surface area contributed by atoms with Crippen molar-refractivity contribution in [3.8, 4) is 0 Å². The molecule has 0 aliphatic rings. The second-order valence-corrected chi connectivity index (χ2v) is 2.27. The van der Waals surface area contributed by atoms with Gasteiger partial charge in [0.05, 0.1) is 0 Å². The summed E-state index contributed by atoms with van der Waals surface area (Å²) in [6, 6.07) is 0. The Kier molecular flexibility index (Phi) is 4.16. The quantitative estimate of drug-likeness (QED) is 0.523. The fraction of sp³-hybridized carbons (Fsp3) is 1.00. The van der Waals surface area contributed by atoms with Crippen molar-refractivity contribution < 1.29 is 4.74 Å². The summed E-state index contributed by atoms with van der Waals surface area (Å²) >= 11 is 0. The Bertz CT molecular complexity index is 30.0. The highest BCUT2D eigenvalue weighted by molar-refractivity contribution is 8.21. The Labute approximate surface area is 46.5 Å². The van der Waals surface area contributed by atoms with Crippen LogP contribution in [0.4, 0.5) is 0 Å². The van der Waals surface area contributed by atoms with Crippen LogP contribution < -0.4 is 0 Å². The zero-order valence-electron chi connectivity index (χ0n) is 3.77. The van der Waals surface area contributed by atoms with Gasteiger partial charge in [-0.15, -0.1) is 0 Å². The van der Waals surface area contributed by atoms with Crippen LogP contribution in [0.25, 0.3) is 0 Å². The molecule has 0 rings (SSSR count). The van der Waals surface area contributed by atoms with Crippen LogP contribution in [0.1, 0.15) is 6.92 Å². The molecule has 0 bridgehead atoms. The molecule has 1 unspecified atom stereocenters. The molecular weight excluding hydrogens is 120 g/mol. The summed E-state index contributed by atoms with van der Waals surface area (Å²) in [5.74, 6) is 0. The second kappa shape index (κ2) is 3.78. The van der Waals surface area contributed by atoms with Crippen molar-refractivity contribution in [1.82, 2.24) is 0 Å². The van der Waals surface area contributed by atoms with Crippen molar-refractivity contribution in [3.05, 3.63) is 0 Å². The molecule has 0 fully saturated rings. The first-order chi connectivity index (χ1) is 2.81. The molecule has 6 heavy (non-hydrogen) atoms. The number of halogens is 1. The highest BCUT2D eigenvalue weighted by atomic mass is 35.7. The van der Waals surface area contributed by atoms with E-state index in [0.717, 1.165) is 0 Å². The molecule has 0 saturated carbocycles. The molecule has 0 aromatic rings. The topological polar surface area (TPSA) is 9.23 Å². The summed E-state index contributed by atoms with van der Waals surface area (Å²) in [6.45, 7) is 1.89. The van der Waals surface area contributed by atoms with Crippen LogP contribution in [0.5, 0.6) is 0 Å². The molecule has 38 valence electrons. The maximum Gasteiger partial charge on any atom is 0.114 e. The Morgan fingerprint density at radius 3 is 2.33 bits per heavy atom. The Balaban J connectivity index is 2.75. The van der Waals surface area contributed by atoms with Crippen molar-refractivity contribution in [2.75, 3.05) is 7.11 Å². The van der Waals surface area contributed by atoms with Gasteiger partial charge in [0, 0.05) is 7.11 Å². The molecule has 0 saturated heterocycles. The maximum absolute atomic E-state index is 5.24. The summed E-state index contributed by atoms with van der Waals surface area (Å²) in [5.41, 5.74) is 0.117. The predicted molar refractivity (Wildman–Crippen MR) is 29.9 cm³/mol. The Morgan fingerprint density at radius 1 is 1.83 bits per heavy atom. The summed E-state index contributed by atoms with van der Waals surface area (Å²) in [4.78, 5) is 0. The van der Waals surface area contributed by atoms with Gasteiger partial charge in [0.25, 0.3) is 0 Å². The third-order valence-corrected chi connectivity index (χ3v) is 1.65. The van der Waals surface area contributed by atoms with E-state index >= 15 is 0 Å². The van der Waals surface area contributed by atoms with Gasteiger partial charge in [-0.3, -0.25) is 0 Å². The van der Waals surface area contributed by atoms with E-state index < -0.39 is 0 Å². The van der Waals surface area contributed by atoms with Gasteiger partial charge in [0.2, 0.25) is 0 Å². The number of hydrogen-bond acceptors (Lipinski definition) is 2. The van der Waals surface area contributed by atoms with E-state index in [9.17, 15) is 0 Å². The second-order valence-electron chi connectivity index (χ2n) is 0.892.